The van der Waals surface area contributed by atoms with Crippen LogP contribution in [0.15, 0.2) is 15.7 Å². The topological polar surface area (TPSA) is 112 Å². The van der Waals surface area contributed by atoms with E-state index in [1.807, 2.05) is 39.5 Å². The molecule has 1 aromatic heterocycles. The Morgan fingerprint density at radius 1 is 1.18 bits per heavy atom. The summed E-state index contributed by atoms with van der Waals surface area (Å²) in [5, 5.41) is 3.06. The van der Waals surface area contributed by atoms with Crippen LogP contribution in [-0.4, -0.2) is 39.6 Å². The lowest BCUT2D eigenvalue weighted by atomic mass is 9.87. The summed E-state index contributed by atoms with van der Waals surface area (Å²) in [5.41, 5.74) is -1.09. The molecule has 1 aromatic carbocycles. The van der Waals surface area contributed by atoms with Gasteiger partial charge < -0.3 is 20.8 Å². The van der Waals surface area contributed by atoms with E-state index in [0.29, 0.717) is 34.5 Å². The number of benzene rings is 1. The van der Waals surface area contributed by atoms with Crippen LogP contribution in [0.2, 0.25) is 0 Å². The monoisotopic (exact) mass is 475 g/mol. The predicted octanol–water partition coefficient (Wildman–Crippen LogP) is 2.79. The van der Waals surface area contributed by atoms with Crippen molar-refractivity contribution in [3.63, 3.8) is 0 Å². The highest BCUT2D eigenvalue weighted by Gasteiger charge is 2.39. The van der Waals surface area contributed by atoms with Gasteiger partial charge in [0.2, 0.25) is 0 Å². The van der Waals surface area contributed by atoms with Crippen molar-refractivity contribution in [3.05, 3.63) is 38.3 Å². The number of anilines is 1. The third-order valence-electron chi connectivity index (χ3n) is 6.83. The first-order chi connectivity index (χ1) is 15.7. The molecule has 0 bridgehead atoms. The summed E-state index contributed by atoms with van der Waals surface area (Å²) in [4.78, 5) is 39.7. The fourth-order valence-electron chi connectivity index (χ4n) is 4.94. The van der Waals surface area contributed by atoms with Crippen molar-refractivity contribution < 1.29 is 13.9 Å². The standard InChI is InChI=1S/C24H34FN5O4/c1-13-18-16(20(31)30(26)22(33)29(18)15-7-8-15)11-17(25)19(13)28-10-9-14(12-28)24(5,6)27-21(32)34-23(2,3)4/h11,14-15H,7-10,12,26H2,1-6H3,(H,27,32)/t14-/m0/s1. The number of carbonyl (C=O) groups excluding carboxylic acids is 1. The van der Waals surface area contributed by atoms with Gasteiger partial charge in [-0.15, -0.1) is 0 Å². The van der Waals surface area contributed by atoms with Crippen LogP contribution in [0.1, 0.15) is 65.5 Å². The van der Waals surface area contributed by atoms with Crippen LogP contribution in [0.25, 0.3) is 10.9 Å². The highest BCUT2D eigenvalue weighted by Crippen LogP contribution is 2.40. The molecule has 4 rings (SSSR count). The number of hydrogen-bond acceptors (Lipinski definition) is 6. The minimum atomic E-state index is -0.701. The first-order valence-electron chi connectivity index (χ1n) is 11.7. The fraction of sp³-hybridized carbons (Fsp3) is 0.625. The summed E-state index contributed by atoms with van der Waals surface area (Å²) in [6.45, 7) is 12.1. The molecule has 3 N–H and O–H groups in total. The molecule has 10 heteroatoms. The molecule has 0 spiro atoms. The van der Waals surface area contributed by atoms with Crippen molar-refractivity contribution in [2.75, 3.05) is 23.8 Å². The van der Waals surface area contributed by atoms with E-state index in [1.165, 1.54) is 10.6 Å². The van der Waals surface area contributed by atoms with Crippen LogP contribution in [0.4, 0.5) is 14.9 Å². The number of nitrogen functional groups attached to an aromatic ring is 1. The number of aromatic nitrogens is 2. The Morgan fingerprint density at radius 3 is 2.41 bits per heavy atom. The van der Waals surface area contributed by atoms with Gasteiger partial charge in [0.1, 0.15) is 11.4 Å². The van der Waals surface area contributed by atoms with Gasteiger partial charge in [-0.05, 0) is 66.9 Å². The van der Waals surface area contributed by atoms with Crippen molar-refractivity contribution in [3.8, 4) is 0 Å². The second-order valence-corrected chi connectivity index (χ2v) is 11.1. The SMILES string of the molecule is Cc1c(N2CC[C@H](C(C)(C)NC(=O)OC(C)(C)C)C2)c(F)cc2c(=O)n(N)c(=O)n(C3CC3)c12. The average Bonchev–Trinajstić information content (AvgIpc) is 3.41. The number of amides is 1. The molecule has 1 aliphatic heterocycles. The molecule has 0 radical (unpaired) electrons. The largest absolute Gasteiger partial charge is 0.444 e. The van der Waals surface area contributed by atoms with Crippen molar-refractivity contribution in [2.45, 2.75) is 78.0 Å². The fourth-order valence-corrected chi connectivity index (χ4v) is 4.94. The summed E-state index contributed by atoms with van der Waals surface area (Å²) in [6, 6.07) is 1.16. The Kier molecular flexibility index (Phi) is 5.69. The maximum atomic E-state index is 15.4. The molecule has 34 heavy (non-hydrogen) atoms. The van der Waals surface area contributed by atoms with E-state index in [2.05, 4.69) is 5.32 Å². The zero-order chi connectivity index (χ0) is 25.2. The van der Waals surface area contributed by atoms with Crippen molar-refractivity contribution in [1.82, 2.24) is 14.6 Å². The molecule has 1 aliphatic carbocycles. The molecule has 2 fully saturated rings. The van der Waals surface area contributed by atoms with E-state index in [0.717, 1.165) is 19.3 Å². The zero-order valence-electron chi connectivity index (χ0n) is 20.7. The maximum absolute atomic E-state index is 15.4. The molecule has 0 unspecified atom stereocenters. The van der Waals surface area contributed by atoms with Gasteiger partial charge in [0.15, 0.2) is 0 Å². The second-order valence-electron chi connectivity index (χ2n) is 11.1. The summed E-state index contributed by atoms with van der Waals surface area (Å²) >= 11 is 0. The number of aryl methyl sites for hydroxylation is 1. The van der Waals surface area contributed by atoms with E-state index >= 15 is 4.39 Å². The van der Waals surface area contributed by atoms with Gasteiger partial charge in [0.05, 0.1) is 16.6 Å². The molecule has 1 saturated heterocycles. The predicted molar refractivity (Wildman–Crippen MR) is 129 cm³/mol. The normalized spacial score (nSPS) is 19.0. The number of hydrogen-bond donors (Lipinski definition) is 2. The number of fused-ring (bicyclic) bond motifs is 1. The number of alkyl carbamates (subject to hydrolysis) is 1. The summed E-state index contributed by atoms with van der Waals surface area (Å²) in [5.74, 6) is 5.22. The first kappa shape index (κ1) is 24.1. The lowest BCUT2D eigenvalue weighted by molar-refractivity contribution is 0.0442. The Hall–Kier alpha value is -3.04. The molecule has 1 saturated carbocycles. The number of nitrogens with one attached hydrogen (secondary N) is 1. The first-order valence-corrected chi connectivity index (χ1v) is 11.7. The quantitative estimate of drug-likeness (QED) is 0.658. The summed E-state index contributed by atoms with van der Waals surface area (Å²) < 4.78 is 22.9. The van der Waals surface area contributed by atoms with E-state index in [1.54, 1.807) is 6.92 Å². The van der Waals surface area contributed by atoms with Crippen LogP contribution in [-0.2, 0) is 4.74 Å². The second kappa shape index (κ2) is 8.02. The smallest absolute Gasteiger partial charge is 0.408 e. The van der Waals surface area contributed by atoms with E-state index < -0.39 is 34.3 Å². The van der Waals surface area contributed by atoms with Gasteiger partial charge in [-0.1, -0.05) is 0 Å². The van der Waals surface area contributed by atoms with E-state index in [-0.39, 0.29) is 17.3 Å². The Labute approximate surface area is 197 Å². The molecular weight excluding hydrogens is 441 g/mol. The summed E-state index contributed by atoms with van der Waals surface area (Å²) in [7, 11) is 0. The third-order valence-corrected chi connectivity index (χ3v) is 6.83. The number of rotatable bonds is 4. The number of nitrogens with two attached hydrogens (primary N) is 1. The molecule has 2 aliphatic rings. The zero-order valence-corrected chi connectivity index (χ0v) is 20.7. The minimum absolute atomic E-state index is 0.0364. The maximum Gasteiger partial charge on any atom is 0.408 e. The molecule has 1 amide bonds. The summed E-state index contributed by atoms with van der Waals surface area (Å²) in [6.07, 6.45) is 1.88. The van der Waals surface area contributed by atoms with Crippen LogP contribution in [0.5, 0.6) is 0 Å². The third kappa shape index (κ3) is 4.25. The van der Waals surface area contributed by atoms with Gasteiger partial charge in [-0.3, -0.25) is 9.36 Å². The van der Waals surface area contributed by atoms with Crippen molar-refractivity contribution in [2.24, 2.45) is 5.92 Å². The van der Waals surface area contributed by atoms with Crippen LogP contribution >= 0.6 is 0 Å². The molecular formula is C24H34FN5O4. The molecule has 9 nitrogen and oxygen atoms in total. The number of ether oxygens (including phenoxy) is 1. The van der Waals surface area contributed by atoms with E-state index in [9.17, 15) is 14.4 Å². The molecule has 2 aromatic rings. The number of carbonyl (C=O) groups is 1. The van der Waals surface area contributed by atoms with Gasteiger partial charge in [-0.25, -0.2) is 14.0 Å². The molecule has 186 valence electrons. The average molecular weight is 476 g/mol. The van der Waals surface area contributed by atoms with Crippen molar-refractivity contribution >= 4 is 22.7 Å². The Morgan fingerprint density at radius 2 is 1.82 bits per heavy atom. The van der Waals surface area contributed by atoms with Crippen molar-refractivity contribution in [1.29, 1.82) is 0 Å². The van der Waals surface area contributed by atoms with Gasteiger partial charge >= 0.3 is 11.8 Å². The van der Waals surface area contributed by atoms with Gasteiger partial charge in [0.25, 0.3) is 5.56 Å². The molecule has 2 heterocycles. The number of nitrogens with zero attached hydrogens (tertiary/aromatic N) is 3. The minimum Gasteiger partial charge on any atom is -0.444 e. The number of halogens is 1. The van der Waals surface area contributed by atoms with Gasteiger partial charge in [-0.2, -0.15) is 4.68 Å². The highest BCUT2D eigenvalue weighted by atomic mass is 19.1. The van der Waals surface area contributed by atoms with Crippen LogP contribution in [0.3, 0.4) is 0 Å². The Bertz CT molecular complexity index is 1270. The lowest BCUT2D eigenvalue weighted by Crippen LogP contribution is -2.51. The Balaban J connectivity index is 1.68. The van der Waals surface area contributed by atoms with Crippen LogP contribution in [0, 0.1) is 18.7 Å². The van der Waals surface area contributed by atoms with Crippen LogP contribution < -0.4 is 27.3 Å². The van der Waals surface area contributed by atoms with E-state index in [4.69, 9.17) is 10.6 Å². The lowest BCUT2D eigenvalue weighted by Gasteiger charge is -2.34. The van der Waals surface area contributed by atoms with Gasteiger partial charge in [0, 0.05) is 36.2 Å². The highest BCUT2D eigenvalue weighted by molar-refractivity contribution is 5.87. The molecule has 1 atom stereocenters.